The minimum absolute atomic E-state index is 0.155. The highest BCUT2D eigenvalue weighted by atomic mass is 19.2. The summed E-state index contributed by atoms with van der Waals surface area (Å²) in [7, 11) is 0. The summed E-state index contributed by atoms with van der Waals surface area (Å²) in [4.78, 5) is 13.5. The average Bonchev–Trinajstić information content (AvgIpc) is 2.41. The summed E-state index contributed by atoms with van der Waals surface area (Å²) in [5.41, 5.74) is 0.295. The van der Waals surface area contributed by atoms with Crippen molar-refractivity contribution in [3.63, 3.8) is 0 Å². The van der Waals surface area contributed by atoms with Crippen LogP contribution in [0.15, 0.2) is 18.2 Å². The molecule has 0 unspecified atom stereocenters. The van der Waals surface area contributed by atoms with E-state index in [1.54, 1.807) is 0 Å². The summed E-state index contributed by atoms with van der Waals surface area (Å²) in [5, 5.41) is 2.67. The topological polar surface area (TPSA) is 33.5 Å². The van der Waals surface area contributed by atoms with Gasteiger partial charge in [-0.05, 0) is 25.5 Å². The molecule has 1 fully saturated rings. The molecule has 1 aliphatic heterocycles. The zero-order valence-corrected chi connectivity index (χ0v) is 12.7. The highest BCUT2D eigenvalue weighted by molar-refractivity contribution is 5.93. The predicted molar refractivity (Wildman–Crippen MR) is 78.1 cm³/mol. The van der Waals surface area contributed by atoms with Crippen molar-refractivity contribution in [1.82, 2.24) is 0 Å². The van der Waals surface area contributed by atoms with Crippen LogP contribution in [0.1, 0.15) is 27.2 Å². The Labute approximate surface area is 124 Å². The lowest BCUT2D eigenvalue weighted by Crippen LogP contribution is -3.18. The minimum Gasteiger partial charge on any atom is -0.324 e. The first-order valence-corrected chi connectivity index (χ1v) is 7.47. The highest BCUT2D eigenvalue weighted by Crippen LogP contribution is 2.14. The molecule has 0 aromatic heterocycles. The van der Waals surface area contributed by atoms with Gasteiger partial charge in [-0.25, -0.2) is 8.78 Å². The molecule has 0 spiro atoms. The number of carbonyl (C=O) groups is 1. The lowest BCUT2D eigenvalue weighted by atomic mass is 9.91. The fourth-order valence-corrected chi connectivity index (χ4v) is 3.20. The third-order valence-electron chi connectivity index (χ3n) is 4.22. The van der Waals surface area contributed by atoms with Gasteiger partial charge in [0.05, 0.1) is 13.1 Å². The van der Waals surface area contributed by atoms with Crippen LogP contribution in [0.2, 0.25) is 0 Å². The number of halogens is 2. The number of likely N-dealkylation sites (tertiary alicyclic amines) is 1. The van der Waals surface area contributed by atoms with Gasteiger partial charge in [0.15, 0.2) is 17.7 Å². The second-order valence-corrected chi connectivity index (χ2v) is 6.35. The minimum atomic E-state index is -0.951. The third-order valence-corrected chi connectivity index (χ3v) is 4.22. The number of benzene rings is 1. The van der Waals surface area contributed by atoms with Crippen LogP contribution in [0.3, 0.4) is 0 Å². The van der Waals surface area contributed by atoms with Crippen molar-refractivity contribution < 1.29 is 18.5 Å². The second kappa shape index (κ2) is 6.52. The number of hydrogen-bond acceptors (Lipinski definition) is 1. The van der Waals surface area contributed by atoms with E-state index in [1.807, 2.05) is 6.92 Å². The van der Waals surface area contributed by atoms with Gasteiger partial charge in [0.2, 0.25) is 0 Å². The summed E-state index contributed by atoms with van der Waals surface area (Å²) < 4.78 is 26.0. The van der Waals surface area contributed by atoms with E-state index < -0.39 is 11.6 Å². The van der Waals surface area contributed by atoms with Gasteiger partial charge in [-0.1, -0.05) is 13.8 Å². The molecule has 5 heteroatoms. The van der Waals surface area contributed by atoms with Gasteiger partial charge in [0.25, 0.3) is 5.91 Å². The number of piperidine rings is 1. The number of carbonyl (C=O) groups excluding carboxylic acids is 1. The lowest BCUT2D eigenvalue weighted by Gasteiger charge is -2.35. The van der Waals surface area contributed by atoms with E-state index in [4.69, 9.17) is 0 Å². The van der Waals surface area contributed by atoms with E-state index in [0.717, 1.165) is 25.2 Å². The van der Waals surface area contributed by atoms with Gasteiger partial charge in [0, 0.05) is 23.6 Å². The Morgan fingerprint density at radius 3 is 2.43 bits per heavy atom. The van der Waals surface area contributed by atoms with Crippen LogP contribution < -0.4 is 10.2 Å². The van der Waals surface area contributed by atoms with Gasteiger partial charge < -0.3 is 10.2 Å². The number of rotatable bonds is 3. The van der Waals surface area contributed by atoms with Crippen LogP contribution >= 0.6 is 0 Å². The number of anilines is 1. The van der Waals surface area contributed by atoms with E-state index >= 15 is 0 Å². The largest absolute Gasteiger partial charge is 0.324 e. The molecule has 0 aliphatic carbocycles. The first kappa shape index (κ1) is 15.9. The van der Waals surface area contributed by atoms with Crippen LogP contribution in [0.4, 0.5) is 14.5 Å². The molecular formula is C16H23F2N2O+. The fraction of sp³-hybridized carbons (Fsp3) is 0.562. The molecule has 116 valence electrons. The normalized spacial score (nSPS) is 27.2. The second-order valence-electron chi connectivity index (χ2n) is 6.35. The average molecular weight is 297 g/mol. The molecule has 1 amide bonds. The third kappa shape index (κ3) is 4.00. The summed E-state index contributed by atoms with van der Waals surface area (Å²) in [6, 6.07) is 3.20. The van der Waals surface area contributed by atoms with Crippen LogP contribution in [0.5, 0.6) is 0 Å². The standard InChI is InChI=1S/C16H22F2N2O/c1-10-6-11(2)9-20(8-10)12(3)16(21)19-13-4-5-14(17)15(18)7-13/h4-5,7,10-12H,6,8-9H2,1-3H3,(H,19,21)/p+1/t10-,11-,12+/m1/s1. The zero-order chi connectivity index (χ0) is 15.6. The predicted octanol–water partition coefficient (Wildman–Crippen LogP) is 1.85. The Bertz CT molecular complexity index is 511. The summed E-state index contributed by atoms with van der Waals surface area (Å²) in [6.07, 6.45) is 1.20. The van der Waals surface area contributed by atoms with Gasteiger partial charge in [0.1, 0.15) is 0 Å². The Morgan fingerprint density at radius 2 is 1.86 bits per heavy atom. The molecule has 2 rings (SSSR count). The Kier molecular flexibility index (Phi) is 4.93. The van der Waals surface area contributed by atoms with Gasteiger partial charge in [-0.15, -0.1) is 0 Å². The molecule has 1 aromatic carbocycles. The monoisotopic (exact) mass is 297 g/mol. The van der Waals surface area contributed by atoms with Crippen LogP contribution in [0.25, 0.3) is 0 Å². The van der Waals surface area contributed by atoms with Crippen molar-refractivity contribution >= 4 is 11.6 Å². The van der Waals surface area contributed by atoms with Crippen LogP contribution in [-0.2, 0) is 4.79 Å². The lowest BCUT2D eigenvalue weighted by molar-refractivity contribution is -0.925. The Balaban J connectivity index is 2.00. The summed E-state index contributed by atoms with van der Waals surface area (Å²) in [5.74, 6) is -0.819. The molecule has 0 radical (unpaired) electrons. The van der Waals surface area contributed by atoms with Crippen LogP contribution in [-0.4, -0.2) is 25.0 Å². The maximum absolute atomic E-state index is 13.2. The molecule has 1 heterocycles. The van der Waals surface area contributed by atoms with E-state index in [-0.39, 0.29) is 11.9 Å². The Hall–Kier alpha value is -1.49. The SMILES string of the molecule is C[C@@H]1C[C@@H](C)C[NH+]([C@@H](C)C(=O)Nc2ccc(F)c(F)c2)C1. The zero-order valence-electron chi connectivity index (χ0n) is 12.7. The molecule has 21 heavy (non-hydrogen) atoms. The van der Waals surface area contributed by atoms with Crippen molar-refractivity contribution in [3.05, 3.63) is 29.8 Å². The molecule has 3 atom stereocenters. The molecule has 0 bridgehead atoms. The summed E-state index contributed by atoms with van der Waals surface area (Å²) in [6.45, 7) is 8.23. The molecule has 3 nitrogen and oxygen atoms in total. The number of nitrogens with one attached hydrogen (secondary N) is 2. The molecule has 1 aromatic rings. The van der Waals surface area contributed by atoms with Crippen LogP contribution in [0, 0.1) is 23.5 Å². The van der Waals surface area contributed by atoms with Crippen molar-refractivity contribution in [1.29, 1.82) is 0 Å². The van der Waals surface area contributed by atoms with E-state index in [9.17, 15) is 13.6 Å². The van der Waals surface area contributed by atoms with Gasteiger partial charge >= 0.3 is 0 Å². The fourth-order valence-electron chi connectivity index (χ4n) is 3.20. The number of quaternary nitrogens is 1. The Morgan fingerprint density at radius 1 is 1.24 bits per heavy atom. The highest BCUT2D eigenvalue weighted by Gasteiger charge is 2.32. The van der Waals surface area contributed by atoms with Crippen molar-refractivity contribution in [2.75, 3.05) is 18.4 Å². The van der Waals surface area contributed by atoms with Crippen molar-refractivity contribution in [3.8, 4) is 0 Å². The first-order chi connectivity index (χ1) is 9.86. The number of hydrogen-bond donors (Lipinski definition) is 2. The molecular weight excluding hydrogens is 274 g/mol. The van der Waals surface area contributed by atoms with E-state index in [1.165, 1.54) is 17.4 Å². The van der Waals surface area contributed by atoms with E-state index in [2.05, 4.69) is 19.2 Å². The smallest absolute Gasteiger partial charge is 0.282 e. The van der Waals surface area contributed by atoms with Gasteiger partial charge in [-0.3, -0.25) is 4.79 Å². The maximum atomic E-state index is 13.2. The quantitative estimate of drug-likeness (QED) is 0.877. The molecule has 1 saturated heterocycles. The maximum Gasteiger partial charge on any atom is 0.282 e. The first-order valence-electron chi connectivity index (χ1n) is 7.47. The molecule has 2 N–H and O–H groups in total. The molecule has 0 saturated carbocycles. The van der Waals surface area contributed by atoms with Crippen molar-refractivity contribution in [2.24, 2.45) is 11.8 Å². The summed E-state index contributed by atoms with van der Waals surface area (Å²) >= 11 is 0. The van der Waals surface area contributed by atoms with Crippen molar-refractivity contribution in [2.45, 2.75) is 33.2 Å². The van der Waals surface area contributed by atoms with Gasteiger partial charge in [-0.2, -0.15) is 0 Å². The molecule has 1 aliphatic rings. The van der Waals surface area contributed by atoms with E-state index in [0.29, 0.717) is 17.5 Å². The number of amides is 1.